The molecule has 0 aromatic heterocycles. The predicted molar refractivity (Wildman–Crippen MR) is 75.1 cm³/mol. The van der Waals surface area contributed by atoms with Gasteiger partial charge in [0.25, 0.3) is 0 Å². The Labute approximate surface area is 111 Å². The Bertz CT molecular complexity index is 194. The zero-order valence-electron chi connectivity index (χ0n) is 11.7. The molecule has 0 heterocycles. The Morgan fingerprint density at radius 3 is 1.94 bits per heavy atom. The van der Waals surface area contributed by atoms with Gasteiger partial charge in [-0.1, -0.05) is 0 Å². The molecule has 6 N–H and O–H groups in total. The Balaban J connectivity index is 4.46. The van der Waals surface area contributed by atoms with E-state index in [4.69, 9.17) is 30.5 Å². The molecule has 1 unspecified atom stereocenters. The first-order valence-corrected chi connectivity index (χ1v) is 8.49. The molecule has 0 aliphatic rings. The molecule has 0 rings (SSSR count). The smallest absolute Gasteiger partial charge is 0.377 e. The molecule has 0 saturated carbocycles. The summed E-state index contributed by atoms with van der Waals surface area (Å²) in [6.45, 7) is 1.85. The van der Waals surface area contributed by atoms with E-state index in [2.05, 4.69) is 0 Å². The van der Waals surface area contributed by atoms with Gasteiger partial charge in [-0.2, -0.15) is 0 Å². The highest BCUT2D eigenvalue weighted by Gasteiger charge is 2.40. The van der Waals surface area contributed by atoms with Crippen LogP contribution in [0.2, 0.25) is 6.04 Å². The van der Waals surface area contributed by atoms with Crippen LogP contribution in [0.5, 0.6) is 0 Å². The van der Waals surface area contributed by atoms with Crippen molar-refractivity contribution in [3.63, 3.8) is 0 Å². The van der Waals surface area contributed by atoms with Crippen LogP contribution < -0.4 is 17.2 Å². The topological polar surface area (TPSA) is 106 Å². The fourth-order valence-corrected chi connectivity index (χ4v) is 4.07. The Morgan fingerprint density at radius 2 is 1.50 bits per heavy atom. The molecule has 0 radical (unpaired) electrons. The van der Waals surface area contributed by atoms with Gasteiger partial charge in [-0.25, -0.2) is 0 Å². The first-order valence-electron chi connectivity index (χ1n) is 6.56. The Kier molecular flexibility index (Phi) is 10.8. The fraction of sp³-hybridized carbons (Fsp3) is 1.00. The van der Waals surface area contributed by atoms with Gasteiger partial charge in [0, 0.05) is 20.3 Å². The van der Waals surface area contributed by atoms with E-state index in [1.807, 2.05) is 0 Å². The van der Waals surface area contributed by atoms with Gasteiger partial charge in [0.1, 0.15) is 0 Å². The first kappa shape index (κ1) is 18.0. The molecule has 0 aliphatic carbocycles. The zero-order chi connectivity index (χ0) is 13.9. The number of hydrogen-bond acceptors (Lipinski definition) is 6. The van der Waals surface area contributed by atoms with Gasteiger partial charge in [0.2, 0.25) is 0 Å². The van der Waals surface area contributed by atoms with Crippen LogP contribution in [0.1, 0.15) is 25.7 Å². The number of rotatable bonds is 12. The van der Waals surface area contributed by atoms with Gasteiger partial charge in [0.05, 0.1) is 6.10 Å². The molecule has 0 saturated heterocycles. The molecule has 0 bridgehead atoms. The molecule has 6 nitrogen and oxygen atoms in total. The summed E-state index contributed by atoms with van der Waals surface area (Å²) in [6.07, 6.45) is 3.49. The summed E-state index contributed by atoms with van der Waals surface area (Å²) in [5.41, 5.74) is 16.7. The second-order valence-electron chi connectivity index (χ2n) is 4.23. The minimum absolute atomic E-state index is 0.0582. The number of hydrogen-bond donors (Lipinski definition) is 3. The van der Waals surface area contributed by atoms with Gasteiger partial charge in [-0.15, -0.1) is 0 Å². The zero-order valence-corrected chi connectivity index (χ0v) is 12.7. The van der Waals surface area contributed by atoms with E-state index in [0.29, 0.717) is 19.6 Å². The molecule has 0 aliphatic heterocycles. The van der Waals surface area contributed by atoms with Crippen molar-refractivity contribution in [2.24, 2.45) is 17.2 Å². The van der Waals surface area contributed by atoms with Crippen molar-refractivity contribution in [3.8, 4) is 0 Å². The highest BCUT2D eigenvalue weighted by atomic mass is 28.4. The van der Waals surface area contributed by atoms with Gasteiger partial charge in [-0.3, -0.25) is 0 Å². The lowest BCUT2D eigenvalue weighted by atomic mass is 10.1. The average Bonchev–Trinajstić information content (AvgIpc) is 2.41. The van der Waals surface area contributed by atoms with Crippen LogP contribution in [-0.4, -0.2) is 48.8 Å². The van der Waals surface area contributed by atoms with Crippen molar-refractivity contribution in [2.45, 2.75) is 37.8 Å². The normalized spacial score (nSPS) is 13.8. The summed E-state index contributed by atoms with van der Waals surface area (Å²) in [5.74, 6) is 0. The summed E-state index contributed by atoms with van der Waals surface area (Å²) in [4.78, 5) is 0. The van der Waals surface area contributed by atoms with Crippen molar-refractivity contribution in [2.75, 3.05) is 33.9 Å². The highest BCUT2D eigenvalue weighted by Crippen LogP contribution is 2.21. The molecule has 0 amide bonds. The van der Waals surface area contributed by atoms with E-state index in [1.54, 1.807) is 14.2 Å². The van der Waals surface area contributed by atoms with Crippen LogP contribution in [0.4, 0.5) is 0 Å². The summed E-state index contributed by atoms with van der Waals surface area (Å²) < 4.78 is 17.1. The minimum Gasteiger partial charge on any atom is -0.377 e. The Hall–Kier alpha value is -0.0231. The molecule has 0 fully saturated rings. The largest absolute Gasteiger partial charge is 0.500 e. The van der Waals surface area contributed by atoms with Crippen molar-refractivity contribution < 1.29 is 13.3 Å². The number of nitrogens with two attached hydrogens (primary N) is 3. The van der Waals surface area contributed by atoms with Gasteiger partial charge >= 0.3 is 8.80 Å². The van der Waals surface area contributed by atoms with Crippen LogP contribution in [0.25, 0.3) is 0 Å². The summed E-state index contributed by atoms with van der Waals surface area (Å²) in [7, 11) is 0.676. The average molecular weight is 279 g/mol. The molecular weight excluding hydrogens is 250 g/mol. The monoisotopic (exact) mass is 279 g/mol. The van der Waals surface area contributed by atoms with Crippen LogP contribution in [0.15, 0.2) is 0 Å². The molecular formula is C11H29N3O3Si. The molecule has 0 aromatic rings. The molecule has 7 heteroatoms. The maximum atomic E-state index is 6.08. The van der Waals surface area contributed by atoms with Gasteiger partial charge in [-0.05, 0) is 45.3 Å². The molecule has 18 heavy (non-hydrogen) atoms. The summed E-state index contributed by atoms with van der Waals surface area (Å²) in [6, 6.07) is 0.736. The third kappa shape index (κ3) is 6.79. The van der Waals surface area contributed by atoms with Crippen molar-refractivity contribution in [1.82, 2.24) is 0 Å². The molecule has 0 spiro atoms. The van der Waals surface area contributed by atoms with Crippen LogP contribution in [-0.2, 0) is 13.3 Å². The van der Waals surface area contributed by atoms with Crippen molar-refractivity contribution in [3.05, 3.63) is 0 Å². The van der Waals surface area contributed by atoms with E-state index in [0.717, 1.165) is 31.7 Å². The third-order valence-electron chi connectivity index (χ3n) is 2.87. The lowest BCUT2D eigenvalue weighted by Gasteiger charge is -2.31. The van der Waals surface area contributed by atoms with E-state index in [1.165, 1.54) is 0 Å². The van der Waals surface area contributed by atoms with E-state index in [-0.39, 0.29) is 6.10 Å². The lowest BCUT2D eigenvalue weighted by molar-refractivity contribution is 0.0474. The molecule has 110 valence electrons. The van der Waals surface area contributed by atoms with Crippen molar-refractivity contribution in [1.29, 1.82) is 0 Å². The summed E-state index contributed by atoms with van der Waals surface area (Å²) >= 11 is 0. The maximum Gasteiger partial charge on any atom is 0.500 e. The quantitative estimate of drug-likeness (QED) is 0.436. The Morgan fingerprint density at radius 1 is 0.889 bits per heavy atom. The van der Waals surface area contributed by atoms with Crippen molar-refractivity contribution >= 4 is 8.80 Å². The van der Waals surface area contributed by atoms with E-state index in [9.17, 15) is 0 Å². The second-order valence-corrected chi connectivity index (χ2v) is 7.15. The molecule has 1 atom stereocenters. The van der Waals surface area contributed by atoms with Crippen LogP contribution in [0, 0.1) is 0 Å². The fourth-order valence-electron chi connectivity index (χ4n) is 1.81. The van der Waals surface area contributed by atoms with Gasteiger partial charge in [0.15, 0.2) is 0 Å². The standard InChI is InChI=1S/C11H29N3O3Si/c1-15-18(16-2,10-4-8-13)17-11(6-9-14)5-3-7-12/h11H,3-10,12-14H2,1-2H3. The second kappa shape index (κ2) is 10.9. The van der Waals surface area contributed by atoms with E-state index >= 15 is 0 Å². The van der Waals surface area contributed by atoms with Crippen LogP contribution >= 0.6 is 0 Å². The SMILES string of the molecule is CO[Si](CCCN)(OC)OC(CCN)CCCN. The highest BCUT2D eigenvalue weighted by molar-refractivity contribution is 6.60. The maximum absolute atomic E-state index is 6.08. The first-order chi connectivity index (χ1) is 8.67. The van der Waals surface area contributed by atoms with E-state index < -0.39 is 8.80 Å². The van der Waals surface area contributed by atoms with Crippen LogP contribution in [0.3, 0.4) is 0 Å². The minimum atomic E-state index is -2.59. The van der Waals surface area contributed by atoms with Gasteiger partial charge < -0.3 is 30.5 Å². The third-order valence-corrected chi connectivity index (χ3v) is 5.78. The molecule has 0 aromatic carbocycles. The predicted octanol–water partition coefficient (Wildman–Crippen LogP) is 0.0398. The summed E-state index contributed by atoms with van der Waals surface area (Å²) in [5, 5.41) is 0. The lowest BCUT2D eigenvalue weighted by Crippen LogP contribution is -2.47.